The quantitative estimate of drug-likeness (QED) is 0.720. The van der Waals surface area contributed by atoms with E-state index in [2.05, 4.69) is 17.4 Å². The van der Waals surface area contributed by atoms with Crippen LogP contribution in [0.3, 0.4) is 0 Å². The minimum absolute atomic E-state index is 0.188. The Morgan fingerprint density at radius 1 is 1.33 bits per heavy atom. The number of carbonyl (C=O) groups is 1. The number of aliphatic hydroxyl groups is 1. The van der Waals surface area contributed by atoms with E-state index in [9.17, 15) is 4.79 Å². The first-order valence-corrected chi connectivity index (χ1v) is 8.62. The molecule has 1 unspecified atom stereocenters. The standard InChI is InChI=1S/C16H24N2O2S/c19-10-5-4-9-18(13-14-6-2-1-3-7-14)16(20)12-15-17-8-11-21-15/h1-3,6-7,15,17,19H,4-5,8-13H2. The van der Waals surface area contributed by atoms with E-state index in [1.54, 1.807) is 0 Å². The number of hydrogen-bond donors (Lipinski definition) is 2. The van der Waals surface area contributed by atoms with Gasteiger partial charge in [0.2, 0.25) is 5.91 Å². The van der Waals surface area contributed by atoms with Crippen molar-refractivity contribution in [3.63, 3.8) is 0 Å². The summed E-state index contributed by atoms with van der Waals surface area (Å²) < 4.78 is 0. The van der Waals surface area contributed by atoms with Crippen LogP contribution in [0.5, 0.6) is 0 Å². The van der Waals surface area contributed by atoms with Crippen LogP contribution in [0.2, 0.25) is 0 Å². The lowest BCUT2D eigenvalue weighted by Gasteiger charge is -2.24. The van der Waals surface area contributed by atoms with Crippen LogP contribution in [0, 0.1) is 0 Å². The first-order chi connectivity index (χ1) is 10.3. The van der Waals surface area contributed by atoms with Gasteiger partial charge in [0.1, 0.15) is 0 Å². The van der Waals surface area contributed by atoms with Gasteiger partial charge in [0.15, 0.2) is 0 Å². The Hall–Kier alpha value is -1.04. The zero-order valence-electron chi connectivity index (χ0n) is 12.3. The van der Waals surface area contributed by atoms with Crippen LogP contribution in [0.15, 0.2) is 30.3 Å². The Kier molecular flexibility index (Phi) is 7.06. The Bertz CT molecular complexity index is 422. The van der Waals surface area contributed by atoms with Gasteiger partial charge in [-0.15, -0.1) is 11.8 Å². The van der Waals surface area contributed by atoms with E-state index >= 15 is 0 Å². The molecule has 116 valence electrons. The fourth-order valence-electron chi connectivity index (χ4n) is 2.41. The highest BCUT2D eigenvalue weighted by Gasteiger charge is 2.22. The highest BCUT2D eigenvalue weighted by molar-refractivity contribution is 8.00. The number of carbonyl (C=O) groups excluding carboxylic acids is 1. The van der Waals surface area contributed by atoms with Gasteiger partial charge in [-0.1, -0.05) is 30.3 Å². The van der Waals surface area contributed by atoms with E-state index in [-0.39, 0.29) is 17.9 Å². The van der Waals surface area contributed by atoms with Gasteiger partial charge in [-0.3, -0.25) is 4.79 Å². The predicted molar refractivity (Wildman–Crippen MR) is 87.0 cm³/mol. The Balaban J connectivity index is 1.91. The Labute approximate surface area is 130 Å². The molecule has 1 heterocycles. The molecule has 2 N–H and O–H groups in total. The lowest BCUT2D eigenvalue weighted by molar-refractivity contribution is -0.132. The first-order valence-electron chi connectivity index (χ1n) is 7.57. The van der Waals surface area contributed by atoms with E-state index < -0.39 is 0 Å². The largest absolute Gasteiger partial charge is 0.396 e. The SMILES string of the molecule is O=C(CC1NCCS1)N(CCCCO)Cc1ccccc1. The number of amides is 1. The summed E-state index contributed by atoms with van der Waals surface area (Å²) in [4.78, 5) is 14.4. The average Bonchev–Trinajstić information content (AvgIpc) is 3.00. The maximum absolute atomic E-state index is 12.5. The van der Waals surface area contributed by atoms with Crippen molar-refractivity contribution in [2.24, 2.45) is 0 Å². The monoisotopic (exact) mass is 308 g/mol. The van der Waals surface area contributed by atoms with Gasteiger partial charge in [-0.05, 0) is 18.4 Å². The molecule has 1 aliphatic rings. The van der Waals surface area contributed by atoms with Gasteiger partial charge in [0.05, 0.1) is 11.8 Å². The summed E-state index contributed by atoms with van der Waals surface area (Å²) in [6.07, 6.45) is 2.14. The molecule has 1 atom stereocenters. The van der Waals surface area contributed by atoms with Crippen molar-refractivity contribution >= 4 is 17.7 Å². The molecular formula is C16H24N2O2S. The number of unbranched alkanes of at least 4 members (excludes halogenated alkanes) is 1. The van der Waals surface area contributed by atoms with Crippen molar-refractivity contribution in [1.29, 1.82) is 0 Å². The molecule has 1 aromatic rings. The molecule has 0 bridgehead atoms. The molecule has 21 heavy (non-hydrogen) atoms. The third-order valence-electron chi connectivity index (χ3n) is 3.56. The molecule has 0 saturated carbocycles. The van der Waals surface area contributed by atoms with E-state index in [1.165, 1.54) is 0 Å². The van der Waals surface area contributed by atoms with Gasteiger partial charge >= 0.3 is 0 Å². The topological polar surface area (TPSA) is 52.6 Å². The number of nitrogens with one attached hydrogen (secondary N) is 1. The number of hydrogen-bond acceptors (Lipinski definition) is 4. The zero-order valence-corrected chi connectivity index (χ0v) is 13.1. The molecule has 2 rings (SSSR count). The summed E-state index contributed by atoms with van der Waals surface area (Å²) >= 11 is 1.82. The molecule has 1 fully saturated rings. The third-order valence-corrected chi connectivity index (χ3v) is 4.73. The fraction of sp³-hybridized carbons (Fsp3) is 0.562. The van der Waals surface area contributed by atoms with E-state index in [0.717, 1.165) is 30.7 Å². The number of benzene rings is 1. The molecule has 0 spiro atoms. The molecule has 1 amide bonds. The number of aliphatic hydroxyl groups excluding tert-OH is 1. The van der Waals surface area contributed by atoms with Crippen LogP contribution in [-0.4, -0.2) is 46.7 Å². The van der Waals surface area contributed by atoms with Crippen LogP contribution in [0.25, 0.3) is 0 Å². The van der Waals surface area contributed by atoms with Crippen molar-refractivity contribution in [1.82, 2.24) is 10.2 Å². The van der Waals surface area contributed by atoms with Crippen molar-refractivity contribution < 1.29 is 9.90 Å². The summed E-state index contributed by atoms with van der Waals surface area (Å²) in [5.74, 6) is 1.28. The fourth-order valence-corrected chi connectivity index (χ4v) is 3.43. The minimum atomic E-state index is 0.188. The van der Waals surface area contributed by atoms with Crippen molar-refractivity contribution in [2.45, 2.75) is 31.2 Å². The zero-order chi connectivity index (χ0) is 14.9. The number of thioether (sulfide) groups is 1. The molecule has 1 aliphatic heterocycles. The van der Waals surface area contributed by atoms with Crippen LogP contribution in [0.4, 0.5) is 0 Å². The summed E-state index contributed by atoms with van der Waals surface area (Å²) in [5, 5.41) is 12.5. The molecule has 1 saturated heterocycles. The molecule has 0 aromatic heterocycles. The van der Waals surface area contributed by atoms with Gasteiger partial charge in [-0.2, -0.15) is 0 Å². The minimum Gasteiger partial charge on any atom is -0.396 e. The van der Waals surface area contributed by atoms with E-state index in [1.807, 2.05) is 34.9 Å². The lowest BCUT2D eigenvalue weighted by atomic mass is 10.2. The second kappa shape index (κ2) is 9.07. The maximum atomic E-state index is 12.5. The molecular weight excluding hydrogens is 284 g/mol. The second-order valence-corrected chi connectivity index (χ2v) is 6.56. The van der Waals surface area contributed by atoms with E-state index in [0.29, 0.717) is 19.5 Å². The van der Waals surface area contributed by atoms with Crippen LogP contribution < -0.4 is 5.32 Å². The normalized spacial score (nSPS) is 17.9. The first kappa shape index (κ1) is 16.3. The van der Waals surface area contributed by atoms with Gasteiger partial charge in [-0.25, -0.2) is 0 Å². The van der Waals surface area contributed by atoms with Crippen molar-refractivity contribution in [3.8, 4) is 0 Å². The molecule has 0 aliphatic carbocycles. The number of rotatable bonds is 8. The van der Waals surface area contributed by atoms with Gasteiger partial charge in [0.25, 0.3) is 0 Å². The second-order valence-electron chi connectivity index (χ2n) is 5.25. The predicted octanol–water partition coefficient (Wildman–Crippen LogP) is 1.84. The van der Waals surface area contributed by atoms with Crippen molar-refractivity contribution in [2.75, 3.05) is 25.4 Å². The van der Waals surface area contributed by atoms with Crippen LogP contribution >= 0.6 is 11.8 Å². The summed E-state index contributed by atoms with van der Waals surface area (Å²) in [6.45, 7) is 2.55. The molecule has 1 aromatic carbocycles. The summed E-state index contributed by atoms with van der Waals surface area (Å²) in [5.41, 5.74) is 1.15. The maximum Gasteiger partial charge on any atom is 0.225 e. The van der Waals surface area contributed by atoms with Gasteiger partial charge in [0, 0.05) is 32.0 Å². The molecule has 4 nitrogen and oxygen atoms in total. The molecule has 5 heteroatoms. The number of nitrogens with zero attached hydrogens (tertiary/aromatic N) is 1. The molecule has 0 radical (unpaired) electrons. The third kappa shape index (κ3) is 5.69. The average molecular weight is 308 g/mol. The summed E-state index contributed by atoms with van der Waals surface area (Å²) in [7, 11) is 0. The van der Waals surface area contributed by atoms with E-state index in [4.69, 9.17) is 5.11 Å². The summed E-state index contributed by atoms with van der Waals surface area (Å²) in [6, 6.07) is 10.1. The smallest absolute Gasteiger partial charge is 0.225 e. The Morgan fingerprint density at radius 2 is 2.14 bits per heavy atom. The Morgan fingerprint density at radius 3 is 2.81 bits per heavy atom. The highest BCUT2D eigenvalue weighted by atomic mass is 32.2. The van der Waals surface area contributed by atoms with Crippen LogP contribution in [0.1, 0.15) is 24.8 Å². The highest BCUT2D eigenvalue weighted by Crippen LogP contribution is 2.19. The van der Waals surface area contributed by atoms with Gasteiger partial charge < -0.3 is 15.3 Å². The van der Waals surface area contributed by atoms with Crippen LogP contribution in [-0.2, 0) is 11.3 Å². The van der Waals surface area contributed by atoms with Crippen molar-refractivity contribution in [3.05, 3.63) is 35.9 Å². The lowest BCUT2D eigenvalue weighted by Crippen LogP contribution is -2.35.